The average molecular weight is 456 g/mol. The number of aliphatic hydroxyl groups is 1. The Morgan fingerprint density at radius 2 is 1.91 bits per heavy atom. The summed E-state index contributed by atoms with van der Waals surface area (Å²) in [6.45, 7) is 2.64. The predicted molar refractivity (Wildman–Crippen MR) is 118 cm³/mol. The van der Waals surface area contributed by atoms with Crippen molar-refractivity contribution in [2.24, 2.45) is 11.8 Å². The molecule has 9 nitrogen and oxygen atoms in total. The molecule has 33 heavy (non-hydrogen) atoms. The summed E-state index contributed by atoms with van der Waals surface area (Å²) in [6.07, 6.45) is 11.0. The first-order valence-electron chi connectivity index (χ1n) is 11.9. The number of ether oxygens (including phenoxy) is 1. The third-order valence-corrected chi connectivity index (χ3v) is 7.78. The minimum atomic E-state index is -1.76. The third kappa shape index (κ3) is 4.27. The number of anilines is 1. The van der Waals surface area contributed by atoms with E-state index in [1.165, 1.54) is 12.6 Å². The minimum absolute atomic E-state index is 0.103. The SMILES string of the molecule is O=C(C[N+]12CCC(CC1)[C@@H](OC(=O)C(O)(c1ccco1)C1CCCC1)C2)Nc1cncnc1. The Labute approximate surface area is 192 Å². The van der Waals surface area contributed by atoms with Gasteiger partial charge in [-0.3, -0.25) is 4.79 Å². The van der Waals surface area contributed by atoms with Crippen molar-refractivity contribution >= 4 is 17.6 Å². The molecule has 1 amide bonds. The monoisotopic (exact) mass is 455 g/mol. The summed E-state index contributed by atoms with van der Waals surface area (Å²) in [6, 6.07) is 3.34. The summed E-state index contributed by atoms with van der Waals surface area (Å²) >= 11 is 0. The molecule has 176 valence electrons. The molecule has 1 unspecified atom stereocenters. The van der Waals surface area contributed by atoms with E-state index in [0.717, 1.165) is 51.6 Å². The lowest BCUT2D eigenvalue weighted by Gasteiger charge is -2.51. The second-order valence-corrected chi connectivity index (χ2v) is 9.81. The van der Waals surface area contributed by atoms with Crippen molar-refractivity contribution in [2.75, 3.05) is 31.5 Å². The Hall–Kier alpha value is -2.78. The molecule has 1 aliphatic carbocycles. The number of carbonyl (C=O) groups excluding carboxylic acids is 2. The quantitative estimate of drug-likeness (QED) is 0.486. The van der Waals surface area contributed by atoms with Crippen LogP contribution in [-0.4, -0.2) is 63.7 Å². The Balaban J connectivity index is 1.28. The van der Waals surface area contributed by atoms with Gasteiger partial charge < -0.3 is 24.1 Å². The second-order valence-electron chi connectivity index (χ2n) is 9.81. The van der Waals surface area contributed by atoms with Crippen molar-refractivity contribution in [2.45, 2.75) is 50.2 Å². The fourth-order valence-corrected chi connectivity index (χ4v) is 5.98. The predicted octanol–water partition coefficient (Wildman–Crippen LogP) is 2.24. The number of amides is 1. The van der Waals surface area contributed by atoms with Gasteiger partial charge in [-0.1, -0.05) is 12.8 Å². The van der Waals surface area contributed by atoms with Gasteiger partial charge >= 0.3 is 5.97 Å². The molecule has 2 aromatic heterocycles. The van der Waals surface area contributed by atoms with Crippen LogP contribution in [0.2, 0.25) is 0 Å². The standard InChI is InChI=1S/C24H30N4O5/c29-22(27-19-12-25-16-26-13-19)15-28-9-7-17(8-10-28)20(14-28)33-23(30)24(31,18-4-1-2-5-18)21-6-3-11-32-21/h3,6,11-13,16-18,20,31H,1-2,4-5,7-10,14-15H2/p+1/t17?,20-,24?,28?/m0/s1. The molecule has 1 saturated carbocycles. The molecule has 0 aromatic carbocycles. The molecule has 0 spiro atoms. The zero-order chi connectivity index (χ0) is 22.9. The van der Waals surface area contributed by atoms with Crippen LogP contribution in [0.1, 0.15) is 44.3 Å². The molecule has 4 aliphatic rings. The Kier molecular flexibility index (Phi) is 5.92. The maximum atomic E-state index is 13.4. The number of fused-ring (bicyclic) bond motifs is 3. The highest BCUT2D eigenvalue weighted by molar-refractivity contribution is 5.91. The second kappa shape index (κ2) is 8.87. The zero-order valence-electron chi connectivity index (χ0n) is 18.7. The van der Waals surface area contributed by atoms with E-state index in [9.17, 15) is 14.7 Å². The number of hydrogen-bond acceptors (Lipinski definition) is 7. The molecule has 2 atom stereocenters. The van der Waals surface area contributed by atoms with Crippen molar-refractivity contribution in [1.29, 1.82) is 0 Å². The summed E-state index contributed by atoms with van der Waals surface area (Å²) in [5.41, 5.74) is -1.20. The molecule has 2 aromatic rings. The van der Waals surface area contributed by atoms with E-state index in [1.54, 1.807) is 24.5 Å². The number of carbonyl (C=O) groups is 2. The van der Waals surface area contributed by atoms with E-state index in [4.69, 9.17) is 9.15 Å². The van der Waals surface area contributed by atoms with Gasteiger partial charge in [0, 0.05) is 24.7 Å². The number of nitrogens with zero attached hydrogens (tertiary/aromatic N) is 3. The lowest BCUT2D eigenvalue weighted by Crippen LogP contribution is -2.66. The summed E-state index contributed by atoms with van der Waals surface area (Å²) in [4.78, 5) is 34.0. The smallest absolute Gasteiger partial charge is 0.346 e. The Morgan fingerprint density at radius 3 is 2.58 bits per heavy atom. The highest BCUT2D eigenvalue weighted by Crippen LogP contribution is 2.43. The van der Waals surface area contributed by atoms with Gasteiger partial charge in [0.15, 0.2) is 12.6 Å². The van der Waals surface area contributed by atoms with Crippen LogP contribution >= 0.6 is 0 Å². The number of hydrogen-bond donors (Lipinski definition) is 2. The van der Waals surface area contributed by atoms with Gasteiger partial charge in [0.1, 0.15) is 18.6 Å². The first-order valence-corrected chi connectivity index (χ1v) is 11.9. The van der Waals surface area contributed by atoms with Gasteiger partial charge in [-0.05, 0) is 25.0 Å². The first-order chi connectivity index (χ1) is 16.0. The highest BCUT2D eigenvalue weighted by Gasteiger charge is 2.54. The van der Waals surface area contributed by atoms with E-state index in [-0.39, 0.29) is 29.6 Å². The summed E-state index contributed by atoms with van der Waals surface area (Å²) in [5, 5.41) is 14.4. The van der Waals surface area contributed by atoms with Crippen molar-refractivity contribution in [1.82, 2.24) is 9.97 Å². The molecular weight excluding hydrogens is 424 g/mol. The van der Waals surface area contributed by atoms with Gasteiger partial charge in [0.2, 0.25) is 5.60 Å². The van der Waals surface area contributed by atoms with Crippen molar-refractivity contribution in [3.8, 4) is 0 Å². The van der Waals surface area contributed by atoms with Gasteiger partial charge in [0.25, 0.3) is 5.91 Å². The molecule has 3 aliphatic heterocycles. The van der Waals surface area contributed by atoms with Crippen LogP contribution in [-0.2, 0) is 19.9 Å². The molecule has 0 radical (unpaired) electrons. The molecule has 4 fully saturated rings. The molecule has 5 heterocycles. The van der Waals surface area contributed by atoms with Gasteiger partial charge in [-0.2, -0.15) is 0 Å². The normalized spacial score (nSPS) is 28.9. The number of aromatic nitrogens is 2. The van der Waals surface area contributed by atoms with Crippen LogP contribution in [0.3, 0.4) is 0 Å². The lowest BCUT2D eigenvalue weighted by molar-refractivity contribution is -0.939. The Bertz CT molecular complexity index is 968. The summed E-state index contributed by atoms with van der Waals surface area (Å²) in [5.74, 6) is -0.419. The topological polar surface area (TPSA) is 115 Å². The molecule has 2 N–H and O–H groups in total. The summed E-state index contributed by atoms with van der Waals surface area (Å²) < 4.78 is 12.1. The fraction of sp³-hybridized carbons (Fsp3) is 0.583. The lowest BCUT2D eigenvalue weighted by atomic mass is 9.81. The number of furan rings is 1. The highest BCUT2D eigenvalue weighted by atomic mass is 16.6. The summed E-state index contributed by atoms with van der Waals surface area (Å²) in [7, 11) is 0. The minimum Gasteiger partial charge on any atom is -0.466 e. The van der Waals surface area contributed by atoms with E-state index in [2.05, 4.69) is 15.3 Å². The molecular formula is C24H31N4O5+. The molecule has 3 saturated heterocycles. The van der Waals surface area contributed by atoms with Crippen LogP contribution in [0, 0.1) is 11.8 Å². The molecule has 9 heteroatoms. The van der Waals surface area contributed by atoms with Crippen LogP contribution < -0.4 is 5.32 Å². The number of rotatable bonds is 7. The maximum absolute atomic E-state index is 13.4. The van der Waals surface area contributed by atoms with Crippen molar-refractivity contribution in [3.05, 3.63) is 42.9 Å². The largest absolute Gasteiger partial charge is 0.466 e. The number of quaternary nitrogens is 1. The average Bonchev–Trinajstić information content (AvgIpc) is 3.54. The molecule has 2 bridgehead atoms. The Morgan fingerprint density at radius 1 is 1.18 bits per heavy atom. The third-order valence-electron chi connectivity index (χ3n) is 7.78. The fourth-order valence-electron chi connectivity index (χ4n) is 5.98. The number of nitrogens with one attached hydrogen (secondary N) is 1. The van der Waals surface area contributed by atoms with Gasteiger partial charge in [-0.15, -0.1) is 0 Å². The first kappa shape index (κ1) is 22.0. The van der Waals surface area contributed by atoms with Crippen molar-refractivity contribution < 1.29 is 28.3 Å². The van der Waals surface area contributed by atoms with Crippen LogP contribution in [0.4, 0.5) is 5.69 Å². The van der Waals surface area contributed by atoms with E-state index < -0.39 is 11.6 Å². The van der Waals surface area contributed by atoms with E-state index in [0.29, 0.717) is 23.3 Å². The number of esters is 1. The van der Waals surface area contributed by atoms with E-state index in [1.807, 2.05) is 0 Å². The number of piperidine rings is 3. The maximum Gasteiger partial charge on any atom is 0.346 e. The van der Waals surface area contributed by atoms with Crippen molar-refractivity contribution in [3.63, 3.8) is 0 Å². The van der Waals surface area contributed by atoms with Crippen LogP contribution in [0.15, 0.2) is 41.5 Å². The molecule has 6 rings (SSSR count). The van der Waals surface area contributed by atoms with Crippen LogP contribution in [0.25, 0.3) is 0 Å². The van der Waals surface area contributed by atoms with Crippen LogP contribution in [0.5, 0.6) is 0 Å². The van der Waals surface area contributed by atoms with Gasteiger partial charge in [0.05, 0.1) is 37.4 Å². The zero-order valence-corrected chi connectivity index (χ0v) is 18.7. The van der Waals surface area contributed by atoms with Gasteiger partial charge in [-0.25, -0.2) is 14.8 Å². The van der Waals surface area contributed by atoms with E-state index >= 15 is 0 Å².